The molecule has 1 aliphatic heterocycles. The van der Waals surface area contributed by atoms with Gasteiger partial charge in [0.1, 0.15) is 12.6 Å². The van der Waals surface area contributed by atoms with Crippen LogP contribution < -0.4 is 20.1 Å². The molecule has 2 N–H and O–H groups in total. The van der Waals surface area contributed by atoms with Gasteiger partial charge in [-0.1, -0.05) is 45.3 Å². The number of carbonyl (C=O) groups excluding carboxylic acids is 1. The van der Waals surface area contributed by atoms with Crippen molar-refractivity contribution in [2.45, 2.75) is 40.3 Å². The summed E-state index contributed by atoms with van der Waals surface area (Å²) in [6.07, 6.45) is 0. The molecule has 1 atom stereocenters. The van der Waals surface area contributed by atoms with Gasteiger partial charge in [-0.2, -0.15) is 4.68 Å². The van der Waals surface area contributed by atoms with Crippen molar-refractivity contribution in [3.63, 3.8) is 0 Å². The second kappa shape index (κ2) is 11.8. The molecule has 1 aromatic heterocycles. The maximum Gasteiger partial charge on any atom is 0.255 e. The summed E-state index contributed by atoms with van der Waals surface area (Å²) in [5.74, 6) is 1.30. The van der Waals surface area contributed by atoms with Crippen molar-refractivity contribution in [1.29, 1.82) is 0 Å². The molecule has 1 unspecified atom stereocenters. The number of nitrogens with zero attached hydrogens (tertiary/aromatic N) is 4. The fraction of sp³-hybridized carbons (Fsp3) is 0.241. The summed E-state index contributed by atoms with van der Waals surface area (Å²) >= 11 is 7.20. The van der Waals surface area contributed by atoms with Crippen LogP contribution in [0.1, 0.15) is 42.1 Å². The third kappa shape index (κ3) is 5.62. The fourth-order valence-electron chi connectivity index (χ4n) is 4.62. The van der Waals surface area contributed by atoms with E-state index in [0.29, 0.717) is 46.4 Å². The highest BCUT2D eigenvalue weighted by Gasteiger charge is 2.35. The third-order valence-corrected chi connectivity index (χ3v) is 7.81. The maximum absolute atomic E-state index is 13.8. The standard InChI is InChI=1S/C29H28Br2N6O3/c1-5-39-24-14-20(13-22(31)27(24)40-15-19-9-7-10-21(30)12-19)26-25(18(4)32-29-34-35-36-37(26)29)28(38)33-23-11-6-8-16(2)17(23)3/h6-14,26H,5,15H2,1-4H3,(H,33,38)(H,32,34,36). The number of aromatic nitrogens is 4. The first kappa shape index (κ1) is 27.9. The zero-order valence-electron chi connectivity index (χ0n) is 22.5. The summed E-state index contributed by atoms with van der Waals surface area (Å²) in [7, 11) is 0. The van der Waals surface area contributed by atoms with Gasteiger partial charge < -0.3 is 20.1 Å². The van der Waals surface area contributed by atoms with Crippen LogP contribution in [0.4, 0.5) is 11.6 Å². The van der Waals surface area contributed by atoms with Gasteiger partial charge in [-0.15, -0.1) is 0 Å². The average Bonchev–Trinajstić information content (AvgIpc) is 3.38. The highest BCUT2D eigenvalue weighted by Crippen LogP contribution is 2.43. The first-order valence-electron chi connectivity index (χ1n) is 12.7. The lowest BCUT2D eigenvalue weighted by molar-refractivity contribution is -0.113. The number of hydrogen-bond donors (Lipinski definition) is 2. The summed E-state index contributed by atoms with van der Waals surface area (Å²) in [6, 6.07) is 16.9. The first-order valence-corrected chi connectivity index (χ1v) is 14.3. The number of halogens is 2. The molecule has 0 fully saturated rings. The largest absolute Gasteiger partial charge is 0.490 e. The van der Waals surface area contributed by atoms with Crippen LogP contribution in [-0.2, 0) is 11.4 Å². The van der Waals surface area contributed by atoms with Gasteiger partial charge in [0.15, 0.2) is 11.5 Å². The van der Waals surface area contributed by atoms with Gasteiger partial charge in [0.2, 0.25) is 5.95 Å². The van der Waals surface area contributed by atoms with Gasteiger partial charge in [0, 0.05) is 15.9 Å². The highest BCUT2D eigenvalue weighted by molar-refractivity contribution is 9.10. The summed E-state index contributed by atoms with van der Waals surface area (Å²) in [5, 5.41) is 18.4. The molecular formula is C29H28Br2N6O3. The summed E-state index contributed by atoms with van der Waals surface area (Å²) in [4.78, 5) is 13.8. The smallest absolute Gasteiger partial charge is 0.255 e. The molecule has 206 valence electrons. The second-order valence-electron chi connectivity index (χ2n) is 9.40. The zero-order chi connectivity index (χ0) is 28.4. The van der Waals surface area contributed by atoms with E-state index in [1.165, 1.54) is 0 Å². The molecule has 5 rings (SSSR count). The van der Waals surface area contributed by atoms with Crippen molar-refractivity contribution >= 4 is 49.4 Å². The summed E-state index contributed by atoms with van der Waals surface area (Å²) in [6.45, 7) is 8.54. The Balaban J connectivity index is 1.54. The topological polar surface area (TPSA) is 103 Å². The predicted octanol–water partition coefficient (Wildman–Crippen LogP) is 6.72. The first-order chi connectivity index (χ1) is 19.3. The van der Waals surface area contributed by atoms with E-state index in [1.54, 1.807) is 4.68 Å². The molecule has 0 saturated heterocycles. The molecule has 2 heterocycles. The normalized spacial score (nSPS) is 14.4. The minimum Gasteiger partial charge on any atom is -0.490 e. The molecule has 1 amide bonds. The Labute approximate surface area is 249 Å². The van der Waals surface area contributed by atoms with Crippen LogP contribution in [0.5, 0.6) is 11.5 Å². The van der Waals surface area contributed by atoms with E-state index in [9.17, 15) is 4.79 Å². The predicted molar refractivity (Wildman–Crippen MR) is 161 cm³/mol. The number of aryl methyl sites for hydroxylation is 1. The fourth-order valence-corrected chi connectivity index (χ4v) is 5.64. The second-order valence-corrected chi connectivity index (χ2v) is 11.2. The van der Waals surface area contributed by atoms with Crippen molar-refractivity contribution in [1.82, 2.24) is 20.2 Å². The Morgan fingerprint density at radius 2 is 1.88 bits per heavy atom. The van der Waals surface area contributed by atoms with E-state index in [1.807, 2.05) is 82.3 Å². The van der Waals surface area contributed by atoms with Crippen LogP contribution in [0, 0.1) is 13.8 Å². The molecule has 9 nitrogen and oxygen atoms in total. The van der Waals surface area contributed by atoms with Crippen LogP contribution in [0.3, 0.4) is 0 Å². The van der Waals surface area contributed by atoms with Crippen molar-refractivity contribution in [3.8, 4) is 11.5 Å². The quantitative estimate of drug-likeness (QED) is 0.215. The molecular weight excluding hydrogens is 640 g/mol. The molecule has 40 heavy (non-hydrogen) atoms. The molecule has 0 saturated carbocycles. The van der Waals surface area contributed by atoms with Crippen LogP contribution in [-0.4, -0.2) is 32.7 Å². The average molecular weight is 668 g/mol. The van der Waals surface area contributed by atoms with Crippen LogP contribution in [0.25, 0.3) is 0 Å². The Bertz CT molecular complexity index is 1620. The zero-order valence-corrected chi connectivity index (χ0v) is 25.6. The van der Waals surface area contributed by atoms with E-state index in [4.69, 9.17) is 9.47 Å². The van der Waals surface area contributed by atoms with Crippen LogP contribution in [0.2, 0.25) is 0 Å². The Morgan fingerprint density at radius 3 is 2.65 bits per heavy atom. The van der Waals surface area contributed by atoms with Crippen LogP contribution >= 0.6 is 31.9 Å². The molecule has 4 aromatic rings. The maximum atomic E-state index is 13.8. The summed E-state index contributed by atoms with van der Waals surface area (Å²) in [5.41, 5.74) is 5.74. The number of allylic oxidation sites excluding steroid dienone is 1. The van der Waals surface area contributed by atoms with Crippen molar-refractivity contribution in [3.05, 3.63) is 97.1 Å². The van der Waals surface area contributed by atoms with E-state index in [2.05, 4.69) is 58.0 Å². The lowest BCUT2D eigenvalue weighted by Crippen LogP contribution is -2.31. The highest BCUT2D eigenvalue weighted by atomic mass is 79.9. The number of amides is 1. The number of hydrogen-bond acceptors (Lipinski definition) is 7. The molecule has 3 aromatic carbocycles. The van der Waals surface area contributed by atoms with Crippen molar-refractivity contribution in [2.24, 2.45) is 0 Å². The molecule has 0 aliphatic carbocycles. The minimum absolute atomic E-state index is 0.256. The monoisotopic (exact) mass is 666 g/mol. The Morgan fingerprint density at radius 1 is 1.07 bits per heavy atom. The number of ether oxygens (including phenoxy) is 2. The van der Waals surface area contributed by atoms with Gasteiger partial charge in [0.25, 0.3) is 5.91 Å². The number of anilines is 2. The lowest BCUT2D eigenvalue weighted by atomic mass is 9.94. The van der Waals surface area contributed by atoms with Gasteiger partial charge in [-0.3, -0.25) is 4.79 Å². The van der Waals surface area contributed by atoms with Gasteiger partial charge >= 0.3 is 0 Å². The van der Waals surface area contributed by atoms with Gasteiger partial charge in [-0.05, 0) is 107 Å². The Kier molecular flexibility index (Phi) is 8.22. The SMILES string of the molecule is CCOc1cc(C2C(C(=O)Nc3cccc(C)c3C)=C(C)Nc3nnnn32)cc(Br)c1OCc1cccc(Br)c1. The molecule has 0 radical (unpaired) electrons. The molecule has 1 aliphatic rings. The number of rotatable bonds is 8. The summed E-state index contributed by atoms with van der Waals surface area (Å²) < 4.78 is 15.5. The number of tetrazole rings is 1. The number of nitrogens with one attached hydrogen (secondary N) is 2. The molecule has 0 spiro atoms. The van der Waals surface area contributed by atoms with Crippen LogP contribution in [0.15, 0.2) is 74.8 Å². The Hall–Kier alpha value is -3.70. The number of carbonyl (C=O) groups is 1. The lowest BCUT2D eigenvalue weighted by Gasteiger charge is -2.29. The van der Waals surface area contributed by atoms with E-state index in [0.717, 1.165) is 32.4 Å². The molecule has 11 heteroatoms. The molecule has 0 bridgehead atoms. The van der Waals surface area contributed by atoms with E-state index >= 15 is 0 Å². The number of benzene rings is 3. The van der Waals surface area contributed by atoms with E-state index < -0.39 is 6.04 Å². The van der Waals surface area contributed by atoms with Crippen molar-refractivity contribution in [2.75, 3.05) is 17.2 Å². The van der Waals surface area contributed by atoms with Gasteiger partial charge in [0.05, 0.1) is 16.7 Å². The number of fused-ring (bicyclic) bond motifs is 1. The van der Waals surface area contributed by atoms with Gasteiger partial charge in [-0.25, -0.2) is 0 Å². The van der Waals surface area contributed by atoms with E-state index in [-0.39, 0.29) is 5.91 Å². The van der Waals surface area contributed by atoms with Crippen molar-refractivity contribution < 1.29 is 14.3 Å². The minimum atomic E-state index is -0.619. The third-order valence-electron chi connectivity index (χ3n) is 6.73.